The molecule has 2 saturated carbocycles. The molecular formula is C39H49ClN2O7. The molecule has 0 radical (unpaired) electrons. The highest BCUT2D eigenvalue weighted by Crippen LogP contribution is 2.49. The summed E-state index contributed by atoms with van der Waals surface area (Å²) in [5.41, 5.74) is -0.225. The SMILES string of the molecule is CCOC1C(=O)C(C(C(=O)NC2CC3(CCC2Cl)NC(=O)C3(CC)Oc2ccc(C)cc2C)C(=O)C(C)(C)C)C(=O)C1Cc1ccccc1. The molecule has 1 saturated heterocycles. The molecule has 2 amide bonds. The summed E-state index contributed by atoms with van der Waals surface area (Å²) in [5.74, 6) is -5.77. The third kappa shape index (κ3) is 6.68. The number of ketones is 3. The first kappa shape index (κ1) is 36.7. The fraction of sp³-hybridized carbons (Fsp3) is 0.564. The van der Waals surface area contributed by atoms with Crippen molar-refractivity contribution in [1.82, 2.24) is 10.6 Å². The predicted octanol–water partition coefficient (Wildman–Crippen LogP) is 5.24. The summed E-state index contributed by atoms with van der Waals surface area (Å²) < 4.78 is 12.4. The molecule has 2 aliphatic carbocycles. The predicted molar refractivity (Wildman–Crippen MR) is 186 cm³/mol. The number of hydrogen-bond acceptors (Lipinski definition) is 7. The summed E-state index contributed by atoms with van der Waals surface area (Å²) in [6.45, 7) is 12.8. The topological polar surface area (TPSA) is 128 Å². The minimum atomic E-state index is -1.57. The van der Waals surface area contributed by atoms with Crippen LogP contribution in [0.3, 0.4) is 0 Å². The Hall–Kier alpha value is -3.56. The number of halogens is 1. The van der Waals surface area contributed by atoms with Crippen molar-refractivity contribution in [1.29, 1.82) is 0 Å². The molecule has 0 aromatic heterocycles. The Morgan fingerprint density at radius 1 is 1.04 bits per heavy atom. The van der Waals surface area contributed by atoms with Gasteiger partial charge in [0.2, 0.25) is 11.5 Å². The van der Waals surface area contributed by atoms with Gasteiger partial charge in [-0.3, -0.25) is 24.0 Å². The molecule has 1 spiro atoms. The van der Waals surface area contributed by atoms with Gasteiger partial charge in [0.15, 0.2) is 17.3 Å². The Bertz CT molecular complexity index is 1620. The van der Waals surface area contributed by atoms with Crippen molar-refractivity contribution >= 4 is 40.8 Å². The Balaban J connectivity index is 1.44. The number of β-lactam (4-membered cyclic amide) rings is 1. The number of amides is 2. The van der Waals surface area contributed by atoms with E-state index in [9.17, 15) is 24.0 Å². The maximum atomic E-state index is 14.4. The largest absolute Gasteiger partial charge is 0.475 e. The van der Waals surface area contributed by atoms with Crippen molar-refractivity contribution in [2.75, 3.05) is 6.61 Å². The van der Waals surface area contributed by atoms with Gasteiger partial charge in [-0.05, 0) is 70.1 Å². The molecule has 8 atom stereocenters. The molecule has 2 aromatic carbocycles. The van der Waals surface area contributed by atoms with Crippen LogP contribution in [0.5, 0.6) is 5.75 Å². The first-order chi connectivity index (χ1) is 23.1. The first-order valence-electron chi connectivity index (χ1n) is 17.4. The van der Waals surface area contributed by atoms with Gasteiger partial charge in [0.1, 0.15) is 17.8 Å². The summed E-state index contributed by atoms with van der Waals surface area (Å²) in [4.78, 5) is 70.0. The Labute approximate surface area is 294 Å². The number of benzene rings is 2. The van der Waals surface area contributed by atoms with E-state index in [4.69, 9.17) is 21.1 Å². The van der Waals surface area contributed by atoms with Crippen molar-refractivity contribution in [3.05, 3.63) is 65.2 Å². The highest BCUT2D eigenvalue weighted by molar-refractivity contribution is 6.22. The van der Waals surface area contributed by atoms with E-state index < -0.39 is 75.1 Å². The zero-order valence-corrected chi connectivity index (χ0v) is 30.3. The minimum Gasteiger partial charge on any atom is -0.475 e. The van der Waals surface area contributed by atoms with E-state index >= 15 is 0 Å². The number of rotatable bonds is 11. The van der Waals surface area contributed by atoms with E-state index in [2.05, 4.69) is 10.6 Å². The van der Waals surface area contributed by atoms with Crippen LogP contribution < -0.4 is 15.4 Å². The standard InChI is InChI=1S/C39H49ClN2O7/c1-8-39(49-28-16-15-22(3)19-23(28)4)36(47)42-38(39)18-17-26(40)27(21-38)41-35(46)30(34(45)37(5,6)7)29-31(43)25(33(32(29)44)48-9-2)20-24-13-11-10-12-14-24/h10-16,19,25-27,29-30,33H,8-9,17-18,20-21H2,1-7H3,(H,41,46)(H,42,47). The highest BCUT2D eigenvalue weighted by atomic mass is 35.5. The number of aryl methyl sites for hydroxylation is 2. The molecule has 2 aromatic rings. The van der Waals surface area contributed by atoms with Gasteiger partial charge in [0.25, 0.3) is 5.91 Å². The van der Waals surface area contributed by atoms with Crippen LogP contribution >= 0.6 is 11.6 Å². The first-order valence-corrected chi connectivity index (χ1v) is 17.8. The van der Waals surface area contributed by atoms with Crippen LogP contribution in [0.4, 0.5) is 0 Å². The molecule has 0 bridgehead atoms. The maximum absolute atomic E-state index is 14.4. The normalized spacial score (nSPS) is 30.4. The molecule has 2 N–H and O–H groups in total. The molecular weight excluding hydrogens is 644 g/mol. The van der Waals surface area contributed by atoms with Gasteiger partial charge < -0.3 is 20.1 Å². The van der Waals surface area contributed by atoms with Crippen molar-refractivity contribution < 1.29 is 33.4 Å². The van der Waals surface area contributed by atoms with Gasteiger partial charge in [0, 0.05) is 18.1 Å². The van der Waals surface area contributed by atoms with E-state index in [1.54, 1.807) is 27.7 Å². The quantitative estimate of drug-likeness (QED) is 0.187. The number of nitrogens with one attached hydrogen (secondary N) is 2. The number of Topliss-reactive ketones (excluding diaryl/α,β-unsaturated/α-hetero) is 3. The third-order valence-corrected chi connectivity index (χ3v) is 11.2. The van der Waals surface area contributed by atoms with Gasteiger partial charge in [0.05, 0.1) is 22.8 Å². The fourth-order valence-electron chi connectivity index (χ4n) is 8.04. The Morgan fingerprint density at radius 3 is 2.33 bits per heavy atom. The van der Waals surface area contributed by atoms with E-state index in [-0.39, 0.29) is 25.4 Å². The summed E-state index contributed by atoms with van der Waals surface area (Å²) in [7, 11) is 0. The molecule has 3 aliphatic rings. The van der Waals surface area contributed by atoms with Crippen LogP contribution in [0.25, 0.3) is 0 Å². The molecule has 1 heterocycles. The smallest absolute Gasteiger partial charge is 0.267 e. The zero-order valence-electron chi connectivity index (χ0n) is 29.6. The number of alkyl halides is 1. The lowest BCUT2D eigenvalue weighted by Crippen LogP contribution is -2.85. The molecule has 9 nitrogen and oxygen atoms in total. The lowest BCUT2D eigenvalue weighted by molar-refractivity contribution is -0.176. The lowest BCUT2D eigenvalue weighted by atomic mass is 9.61. The van der Waals surface area contributed by atoms with Crippen LogP contribution in [0.1, 0.15) is 77.0 Å². The number of carbonyl (C=O) groups excluding carboxylic acids is 5. The van der Waals surface area contributed by atoms with E-state index in [0.29, 0.717) is 25.0 Å². The van der Waals surface area contributed by atoms with Gasteiger partial charge in [-0.1, -0.05) is 75.7 Å². The zero-order chi connectivity index (χ0) is 35.9. The number of hydrogen-bond donors (Lipinski definition) is 2. The fourth-order valence-corrected chi connectivity index (χ4v) is 8.30. The third-order valence-electron chi connectivity index (χ3n) is 10.7. The van der Waals surface area contributed by atoms with Crippen molar-refractivity contribution in [3.63, 3.8) is 0 Å². The summed E-state index contributed by atoms with van der Waals surface area (Å²) >= 11 is 6.87. The lowest BCUT2D eigenvalue weighted by Gasteiger charge is -2.60. The molecule has 1 aliphatic heterocycles. The Morgan fingerprint density at radius 2 is 1.73 bits per heavy atom. The molecule has 8 unspecified atom stereocenters. The summed E-state index contributed by atoms with van der Waals surface area (Å²) in [5, 5.41) is 5.57. The van der Waals surface area contributed by atoms with Crippen molar-refractivity contribution in [2.45, 2.75) is 109 Å². The molecule has 3 fully saturated rings. The van der Waals surface area contributed by atoms with Gasteiger partial charge in [-0.2, -0.15) is 0 Å². The van der Waals surface area contributed by atoms with Gasteiger partial charge in [-0.15, -0.1) is 11.6 Å². The molecule has 10 heteroatoms. The van der Waals surface area contributed by atoms with Gasteiger partial charge in [-0.25, -0.2) is 0 Å². The average Bonchev–Trinajstić information content (AvgIpc) is 3.26. The highest BCUT2D eigenvalue weighted by Gasteiger charge is 2.69. The van der Waals surface area contributed by atoms with Crippen molar-refractivity contribution in [2.24, 2.45) is 23.2 Å². The average molecular weight is 693 g/mol. The van der Waals surface area contributed by atoms with E-state index in [1.165, 1.54) is 0 Å². The van der Waals surface area contributed by atoms with Crippen LogP contribution in [0.2, 0.25) is 0 Å². The minimum absolute atomic E-state index is 0.193. The second kappa shape index (κ2) is 14.0. The number of ether oxygens (including phenoxy) is 2. The number of carbonyl (C=O) groups is 5. The second-order valence-corrected chi connectivity index (χ2v) is 15.6. The molecule has 49 heavy (non-hydrogen) atoms. The van der Waals surface area contributed by atoms with Crippen LogP contribution in [0.15, 0.2) is 48.5 Å². The van der Waals surface area contributed by atoms with Crippen LogP contribution in [0, 0.1) is 37.0 Å². The van der Waals surface area contributed by atoms with Crippen LogP contribution in [-0.4, -0.2) is 64.4 Å². The van der Waals surface area contributed by atoms with Crippen molar-refractivity contribution in [3.8, 4) is 5.75 Å². The van der Waals surface area contributed by atoms with E-state index in [0.717, 1.165) is 16.7 Å². The molecule has 5 rings (SSSR count). The van der Waals surface area contributed by atoms with Gasteiger partial charge >= 0.3 is 0 Å². The molecule has 264 valence electrons. The second-order valence-electron chi connectivity index (χ2n) is 15.0. The summed E-state index contributed by atoms with van der Waals surface area (Å²) in [6.07, 6.45) is 0.797. The Kier molecular flexibility index (Phi) is 10.5. The van der Waals surface area contributed by atoms with E-state index in [1.807, 2.05) is 69.3 Å². The maximum Gasteiger partial charge on any atom is 0.267 e. The monoisotopic (exact) mass is 692 g/mol. The van der Waals surface area contributed by atoms with Crippen LogP contribution in [-0.2, 0) is 35.1 Å². The summed E-state index contributed by atoms with van der Waals surface area (Å²) in [6, 6.07) is 14.4.